The topological polar surface area (TPSA) is 73.2 Å². The molecule has 1 aliphatic rings. The van der Waals surface area contributed by atoms with E-state index >= 15 is 0 Å². The van der Waals surface area contributed by atoms with Crippen molar-refractivity contribution in [1.29, 1.82) is 0 Å². The van der Waals surface area contributed by atoms with E-state index in [0.29, 0.717) is 22.6 Å². The van der Waals surface area contributed by atoms with Crippen molar-refractivity contribution in [2.75, 3.05) is 5.32 Å². The van der Waals surface area contributed by atoms with Gasteiger partial charge in [0.25, 0.3) is 5.56 Å². The molecule has 0 fully saturated rings. The molecule has 4 aromatic rings. The van der Waals surface area contributed by atoms with Gasteiger partial charge in [0.05, 0.1) is 17.4 Å². The highest BCUT2D eigenvalue weighted by Crippen LogP contribution is 2.34. The minimum atomic E-state index is -0.310. The number of thiophene rings is 1. The summed E-state index contributed by atoms with van der Waals surface area (Å²) in [5, 5.41) is 3.54. The van der Waals surface area contributed by atoms with Gasteiger partial charge in [-0.25, -0.2) is 4.98 Å². The maximum Gasteiger partial charge on any atom is 0.262 e. The number of carbonyl (C=O) groups excluding carboxylic acids is 1. The summed E-state index contributed by atoms with van der Waals surface area (Å²) in [6.45, 7) is 1.90. The summed E-state index contributed by atoms with van der Waals surface area (Å²) in [7, 11) is 0. The fourth-order valence-electron chi connectivity index (χ4n) is 3.87. The number of ether oxygens (including phenoxy) is 1. The van der Waals surface area contributed by atoms with Gasteiger partial charge in [-0.05, 0) is 56.0 Å². The number of nitrogens with one attached hydrogen (secondary N) is 1. The average Bonchev–Trinajstić information content (AvgIpc) is 3.34. The van der Waals surface area contributed by atoms with Crippen LogP contribution in [0.3, 0.4) is 0 Å². The van der Waals surface area contributed by atoms with Gasteiger partial charge >= 0.3 is 0 Å². The van der Waals surface area contributed by atoms with Gasteiger partial charge < -0.3 is 10.1 Å². The van der Waals surface area contributed by atoms with E-state index in [1.165, 1.54) is 15.8 Å². The Hall–Kier alpha value is -3.45. The summed E-state index contributed by atoms with van der Waals surface area (Å²) in [5.41, 5.74) is 2.65. The number of benzene rings is 2. The zero-order valence-electron chi connectivity index (χ0n) is 17.1. The third kappa shape index (κ3) is 3.84. The van der Waals surface area contributed by atoms with Crippen molar-refractivity contribution in [3.05, 3.63) is 81.2 Å². The van der Waals surface area contributed by atoms with Crippen molar-refractivity contribution in [2.24, 2.45) is 0 Å². The van der Waals surface area contributed by atoms with E-state index in [1.54, 1.807) is 23.5 Å². The molecule has 1 N–H and O–H groups in total. The van der Waals surface area contributed by atoms with Crippen molar-refractivity contribution in [3.8, 4) is 11.5 Å². The summed E-state index contributed by atoms with van der Waals surface area (Å²) in [5.74, 6) is 0.913. The number of amides is 1. The van der Waals surface area contributed by atoms with Crippen LogP contribution in [0.15, 0.2) is 59.7 Å². The second-order valence-corrected chi connectivity index (χ2v) is 8.76. The maximum atomic E-state index is 13.0. The maximum absolute atomic E-state index is 13.0. The van der Waals surface area contributed by atoms with Gasteiger partial charge in [0.1, 0.15) is 17.1 Å². The van der Waals surface area contributed by atoms with Gasteiger partial charge in [0, 0.05) is 4.88 Å². The molecule has 5 rings (SSSR count). The van der Waals surface area contributed by atoms with Crippen LogP contribution in [0.5, 0.6) is 11.5 Å². The molecule has 0 aliphatic heterocycles. The van der Waals surface area contributed by atoms with Crippen LogP contribution in [0.1, 0.15) is 22.4 Å². The molecule has 0 bridgehead atoms. The molecular weight excluding hydrogens is 410 g/mol. The van der Waals surface area contributed by atoms with Crippen molar-refractivity contribution < 1.29 is 9.53 Å². The number of para-hydroxylation sites is 2. The van der Waals surface area contributed by atoms with Crippen LogP contribution in [-0.2, 0) is 24.2 Å². The SMILES string of the molecule is Cc1ccc(Oc2ccccc2NC(=O)Cn2cnc3sc4c(c3c2=O)CCC4)cc1. The monoisotopic (exact) mass is 431 g/mol. The lowest BCUT2D eigenvalue weighted by Gasteiger charge is -2.13. The molecule has 0 saturated carbocycles. The Balaban J connectivity index is 1.36. The second-order valence-electron chi connectivity index (χ2n) is 7.67. The molecule has 1 aliphatic carbocycles. The van der Waals surface area contributed by atoms with Crippen molar-refractivity contribution in [3.63, 3.8) is 0 Å². The summed E-state index contributed by atoms with van der Waals surface area (Å²) in [4.78, 5) is 32.2. The first-order chi connectivity index (χ1) is 15.1. The quantitative estimate of drug-likeness (QED) is 0.498. The van der Waals surface area contributed by atoms with Gasteiger partial charge in [-0.3, -0.25) is 14.2 Å². The second kappa shape index (κ2) is 8.00. The van der Waals surface area contributed by atoms with Crippen molar-refractivity contribution in [2.45, 2.75) is 32.7 Å². The minimum Gasteiger partial charge on any atom is -0.455 e. The summed E-state index contributed by atoms with van der Waals surface area (Å²) in [6, 6.07) is 14.9. The van der Waals surface area contributed by atoms with Crippen LogP contribution in [0.2, 0.25) is 0 Å². The van der Waals surface area contributed by atoms with E-state index in [2.05, 4.69) is 10.3 Å². The first-order valence-corrected chi connectivity index (χ1v) is 11.0. The molecule has 0 unspecified atom stereocenters. The lowest BCUT2D eigenvalue weighted by atomic mass is 10.2. The van der Waals surface area contributed by atoms with Crippen molar-refractivity contribution >= 4 is 33.1 Å². The number of aromatic nitrogens is 2. The van der Waals surface area contributed by atoms with E-state index < -0.39 is 0 Å². The number of nitrogens with zero attached hydrogens (tertiary/aromatic N) is 2. The molecule has 2 heterocycles. The third-order valence-corrected chi connectivity index (χ3v) is 6.62. The number of carbonyl (C=O) groups is 1. The van der Waals surface area contributed by atoms with E-state index in [0.717, 1.165) is 35.2 Å². The molecule has 0 radical (unpaired) electrons. The van der Waals surface area contributed by atoms with E-state index in [4.69, 9.17) is 4.74 Å². The molecule has 0 atom stereocenters. The average molecular weight is 432 g/mol. The Morgan fingerprint density at radius 2 is 1.97 bits per heavy atom. The summed E-state index contributed by atoms with van der Waals surface area (Å²) in [6.07, 6.45) is 4.45. The first kappa shape index (κ1) is 19.5. The number of anilines is 1. The Morgan fingerprint density at radius 3 is 2.81 bits per heavy atom. The largest absolute Gasteiger partial charge is 0.455 e. The standard InChI is InChI=1S/C24H21N3O3S/c1-15-9-11-16(12-10-15)30-19-7-3-2-6-18(19)26-21(28)13-27-14-25-23-22(24(27)29)17-5-4-8-20(17)31-23/h2-3,6-7,9-12,14H,4-5,8,13H2,1H3,(H,26,28). The summed E-state index contributed by atoms with van der Waals surface area (Å²) >= 11 is 1.59. The molecule has 0 saturated heterocycles. The normalized spacial score (nSPS) is 12.7. The molecule has 31 heavy (non-hydrogen) atoms. The number of aryl methyl sites for hydroxylation is 3. The highest BCUT2D eigenvalue weighted by atomic mass is 32.1. The van der Waals surface area contributed by atoms with Crippen LogP contribution >= 0.6 is 11.3 Å². The van der Waals surface area contributed by atoms with Crippen LogP contribution < -0.4 is 15.6 Å². The first-order valence-electron chi connectivity index (χ1n) is 10.2. The number of hydrogen-bond donors (Lipinski definition) is 1. The van der Waals surface area contributed by atoms with E-state index in [1.807, 2.05) is 43.3 Å². The highest BCUT2D eigenvalue weighted by molar-refractivity contribution is 7.18. The molecule has 1 amide bonds. The van der Waals surface area contributed by atoms with Gasteiger partial charge in [-0.1, -0.05) is 29.8 Å². The zero-order valence-corrected chi connectivity index (χ0v) is 17.9. The molecule has 2 aromatic carbocycles. The minimum absolute atomic E-state index is 0.106. The fourth-order valence-corrected chi connectivity index (χ4v) is 5.09. The summed E-state index contributed by atoms with van der Waals surface area (Å²) < 4.78 is 7.32. The number of fused-ring (bicyclic) bond motifs is 3. The Bertz CT molecular complexity index is 1340. The van der Waals surface area contributed by atoms with Gasteiger partial charge in [0.2, 0.25) is 5.91 Å². The third-order valence-electron chi connectivity index (χ3n) is 5.42. The Morgan fingerprint density at radius 1 is 1.16 bits per heavy atom. The number of hydrogen-bond acceptors (Lipinski definition) is 5. The Labute approximate surface area is 183 Å². The highest BCUT2D eigenvalue weighted by Gasteiger charge is 2.21. The molecular formula is C24H21N3O3S. The molecule has 156 valence electrons. The van der Waals surface area contributed by atoms with E-state index in [-0.39, 0.29) is 18.0 Å². The lowest BCUT2D eigenvalue weighted by Crippen LogP contribution is -2.28. The molecule has 7 heteroatoms. The van der Waals surface area contributed by atoms with Gasteiger partial charge in [-0.2, -0.15) is 0 Å². The zero-order chi connectivity index (χ0) is 21.4. The van der Waals surface area contributed by atoms with Crippen LogP contribution in [0.25, 0.3) is 10.2 Å². The number of rotatable bonds is 5. The fraction of sp³-hybridized carbons (Fsp3) is 0.208. The van der Waals surface area contributed by atoms with Crippen LogP contribution in [0, 0.1) is 6.92 Å². The van der Waals surface area contributed by atoms with Gasteiger partial charge in [0.15, 0.2) is 5.75 Å². The van der Waals surface area contributed by atoms with Crippen molar-refractivity contribution in [1.82, 2.24) is 9.55 Å². The lowest BCUT2D eigenvalue weighted by molar-refractivity contribution is -0.116. The Kier molecular flexibility index (Phi) is 5.03. The molecule has 6 nitrogen and oxygen atoms in total. The molecule has 2 aromatic heterocycles. The van der Waals surface area contributed by atoms with E-state index in [9.17, 15) is 9.59 Å². The predicted molar refractivity (Wildman–Crippen MR) is 122 cm³/mol. The smallest absolute Gasteiger partial charge is 0.262 e. The van der Waals surface area contributed by atoms with Gasteiger partial charge in [-0.15, -0.1) is 11.3 Å². The molecule has 0 spiro atoms. The predicted octanol–water partition coefficient (Wildman–Crippen LogP) is 4.69. The van der Waals surface area contributed by atoms with Crippen LogP contribution in [0.4, 0.5) is 5.69 Å². The van der Waals surface area contributed by atoms with Crippen LogP contribution in [-0.4, -0.2) is 15.5 Å².